The maximum atomic E-state index is 11.6. The first kappa shape index (κ1) is 19.7. The van der Waals surface area contributed by atoms with Gasteiger partial charge in [0.15, 0.2) is 5.96 Å². The summed E-state index contributed by atoms with van der Waals surface area (Å²) in [5, 5.41) is 3.30. The summed E-state index contributed by atoms with van der Waals surface area (Å²) < 4.78 is 0. The van der Waals surface area contributed by atoms with Crippen LogP contribution in [0.15, 0.2) is 35.3 Å². The molecular weight excluding hydrogens is 403 g/mol. The number of amides is 1. The lowest BCUT2D eigenvalue weighted by molar-refractivity contribution is -0.128. The number of carbonyl (C=O) groups excluding carboxylic acids is 1. The van der Waals surface area contributed by atoms with Crippen molar-refractivity contribution in [3.63, 3.8) is 0 Å². The fourth-order valence-corrected chi connectivity index (χ4v) is 2.79. The minimum absolute atomic E-state index is 0. The Hall–Kier alpha value is -1.31. The molecule has 23 heavy (non-hydrogen) atoms. The standard InChI is InChI=1S/C17H26N4O.HI/c1-18-17(19-11-9-16(22)20(2)3)21-12-10-15(13-21)14-7-5-4-6-8-14;/h4-8,15H,9-13H2,1-3H3,(H,18,19);1H. The van der Waals surface area contributed by atoms with E-state index in [9.17, 15) is 4.79 Å². The molecule has 2 rings (SSSR count). The number of nitrogens with one attached hydrogen (secondary N) is 1. The Morgan fingerprint density at radius 2 is 2.04 bits per heavy atom. The van der Waals surface area contributed by atoms with Crippen LogP contribution in [0.2, 0.25) is 0 Å². The van der Waals surface area contributed by atoms with Crippen LogP contribution in [-0.2, 0) is 4.79 Å². The van der Waals surface area contributed by atoms with Crippen molar-refractivity contribution in [2.45, 2.75) is 18.8 Å². The monoisotopic (exact) mass is 430 g/mol. The third-order valence-electron chi connectivity index (χ3n) is 4.09. The molecule has 1 aromatic rings. The topological polar surface area (TPSA) is 47.9 Å². The van der Waals surface area contributed by atoms with Gasteiger partial charge in [-0.15, -0.1) is 24.0 Å². The Kier molecular flexibility index (Phi) is 8.36. The first-order valence-electron chi connectivity index (χ1n) is 7.82. The van der Waals surface area contributed by atoms with E-state index in [1.165, 1.54) is 5.56 Å². The van der Waals surface area contributed by atoms with Gasteiger partial charge in [-0.05, 0) is 12.0 Å². The fraction of sp³-hybridized carbons (Fsp3) is 0.529. The number of likely N-dealkylation sites (tertiary alicyclic amines) is 1. The summed E-state index contributed by atoms with van der Waals surface area (Å²) in [6.07, 6.45) is 1.63. The van der Waals surface area contributed by atoms with E-state index >= 15 is 0 Å². The lowest BCUT2D eigenvalue weighted by atomic mass is 9.99. The van der Waals surface area contributed by atoms with Crippen molar-refractivity contribution in [2.24, 2.45) is 4.99 Å². The normalized spacial score (nSPS) is 17.6. The van der Waals surface area contributed by atoms with Gasteiger partial charge in [0.05, 0.1) is 0 Å². The molecule has 1 aliphatic rings. The molecule has 1 atom stereocenters. The average molecular weight is 430 g/mol. The Morgan fingerprint density at radius 3 is 2.65 bits per heavy atom. The lowest BCUT2D eigenvalue weighted by Gasteiger charge is -2.22. The fourth-order valence-electron chi connectivity index (χ4n) is 2.79. The molecule has 0 radical (unpaired) electrons. The highest BCUT2D eigenvalue weighted by Crippen LogP contribution is 2.26. The second-order valence-corrected chi connectivity index (χ2v) is 5.85. The van der Waals surface area contributed by atoms with Crippen molar-refractivity contribution in [1.82, 2.24) is 15.1 Å². The molecule has 6 heteroatoms. The van der Waals surface area contributed by atoms with E-state index in [0.29, 0.717) is 18.9 Å². The lowest BCUT2D eigenvalue weighted by Crippen LogP contribution is -2.41. The second kappa shape index (κ2) is 9.75. The van der Waals surface area contributed by atoms with Crippen molar-refractivity contribution in [2.75, 3.05) is 40.8 Å². The van der Waals surface area contributed by atoms with Crippen LogP contribution in [0.3, 0.4) is 0 Å². The number of hydrogen-bond acceptors (Lipinski definition) is 2. The van der Waals surface area contributed by atoms with Gasteiger partial charge in [-0.2, -0.15) is 0 Å². The molecule has 1 fully saturated rings. The summed E-state index contributed by atoms with van der Waals surface area (Å²) in [6.45, 7) is 2.60. The number of hydrogen-bond donors (Lipinski definition) is 1. The summed E-state index contributed by atoms with van der Waals surface area (Å²) in [4.78, 5) is 19.8. The first-order valence-corrected chi connectivity index (χ1v) is 7.82. The summed E-state index contributed by atoms with van der Waals surface area (Å²) in [5.74, 6) is 1.58. The van der Waals surface area contributed by atoms with Crippen LogP contribution < -0.4 is 5.32 Å². The minimum Gasteiger partial charge on any atom is -0.356 e. The molecule has 0 aliphatic carbocycles. The molecule has 1 amide bonds. The Labute approximate surface area is 156 Å². The number of guanidine groups is 1. The van der Waals surface area contributed by atoms with Crippen LogP contribution in [0.5, 0.6) is 0 Å². The van der Waals surface area contributed by atoms with E-state index in [0.717, 1.165) is 25.5 Å². The zero-order chi connectivity index (χ0) is 15.9. The summed E-state index contributed by atoms with van der Waals surface area (Å²) >= 11 is 0. The number of nitrogens with zero attached hydrogens (tertiary/aromatic N) is 3. The molecule has 1 heterocycles. The third-order valence-corrected chi connectivity index (χ3v) is 4.09. The molecule has 5 nitrogen and oxygen atoms in total. The van der Waals surface area contributed by atoms with E-state index in [1.807, 2.05) is 0 Å². The predicted octanol–water partition coefficient (Wildman–Crippen LogP) is 2.15. The maximum absolute atomic E-state index is 11.6. The Bertz CT molecular complexity index is 519. The van der Waals surface area contributed by atoms with Crippen molar-refractivity contribution >= 4 is 35.8 Å². The van der Waals surface area contributed by atoms with E-state index in [-0.39, 0.29) is 29.9 Å². The zero-order valence-electron chi connectivity index (χ0n) is 14.2. The second-order valence-electron chi connectivity index (χ2n) is 5.85. The van der Waals surface area contributed by atoms with Gasteiger partial charge in [-0.1, -0.05) is 30.3 Å². The summed E-state index contributed by atoms with van der Waals surface area (Å²) in [5.41, 5.74) is 1.39. The first-order chi connectivity index (χ1) is 10.6. The van der Waals surface area contributed by atoms with E-state index in [1.54, 1.807) is 26.0 Å². The molecule has 1 aliphatic heterocycles. The van der Waals surface area contributed by atoms with Crippen molar-refractivity contribution in [3.05, 3.63) is 35.9 Å². The quantitative estimate of drug-likeness (QED) is 0.453. The van der Waals surface area contributed by atoms with Gasteiger partial charge >= 0.3 is 0 Å². The van der Waals surface area contributed by atoms with Gasteiger partial charge in [0.2, 0.25) is 5.91 Å². The van der Waals surface area contributed by atoms with Crippen molar-refractivity contribution in [1.29, 1.82) is 0 Å². The molecule has 1 unspecified atom stereocenters. The van der Waals surface area contributed by atoms with Gasteiger partial charge in [-0.3, -0.25) is 9.79 Å². The summed E-state index contributed by atoms with van der Waals surface area (Å²) in [7, 11) is 5.36. The number of carbonyl (C=O) groups is 1. The van der Waals surface area contributed by atoms with E-state index in [2.05, 4.69) is 45.5 Å². The van der Waals surface area contributed by atoms with Gasteiger partial charge in [-0.25, -0.2) is 0 Å². The van der Waals surface area contributed by atoms with Crippen LogP contribution in [0.25, 0.3) is 0 Å². The van der Waals surface area contributed by atoms with E-state index in [4.69, 9.17) is 0 Å². The number of benzene rings is 1. The number of aliphatic imine (C=N–C) groups is 1. The molecule has 0 saturated carbocycles. The van der Waals surface area contributed by atoms with Gasteiger partial charge in [0, 0.05) is 53.1 Å². The van der Waals surface area contributed by atoms with Gasteiger partial charge in [0.1, 0.15) is 0 Å². The predicted molar refractivity (Wildman–Crippen MR) is 105 cm³/mol. The SMILES string of the molecule is CN=C(NCCC(=O)N(C)C)N1CCC(c2ccccc2)C1.I. The van der Waals surface area contributed by atoms with Crippen molar-refractivity contribution < 1.29 is 4.79 Å². The molecular formula is C17H27IN4O. The maximum Gasteiger partial charge on any atom is 0.223 e. The number of halogens is 1. The molecule has 128 valence electrons. The van der Waals surface area contributed by atoms with Crippen LogP contribution in [-0.4, -0.2) is 62.4 Å². The molecule has 0 bridgehead atoms. The molecule has 1 aromatic carbocycles. The molecule has 1 N–H and O–H groups in total. The van der Waals surface area contributed by atoms with E-state index < -0.39 is 0 Å². The van der Waals surface area contributed by atoms with Crippen LogP contribution in [0.4, 0.5) is 0 Å². The van der Waals surface area contributed by atoms with Crippen LogP contribution >= 0.6 is 24.0 Å². The number of rotatable bonds is 4. The van der Waals surface area contributed by atoms with Gasteiger partial charge < -0.3 is 15.1 Å². The summed E-state index contributed by atoms with van der Waals surface area (Å²) in [6, 6.07) is 10.6. The minimum atomic E-state index is 0. The van der Waals surface area contributed by atoms with Crippen LogP contribution in [0, 0.1) is 0 Å². The highest BCUT2D eigenvalue weighted by atomic mass is 127. The molecule has 1 saturated heterocycles. The smallest absolute Gasteiger partial charge is 0.223 e. The Morgan fingerprint density at radius 1 is 1.35 bits per heavy atom. The zero-order valence-corrected chi connectivity index (χ0v) is 16.5. The van der Waals surface area contributed by atoms with Crippen molar-refractivity contribution in [3.8, 4) is 0 Å². The molecule has 0 aromatic heterocycles. The Balaban J connectivity index is 0.00000264. The third kappa shape index (κ3) is 5.67. The molecule has 0 spiro atoms. The largest absolute Gasteiger partial charge is 0.356 e. The van der Waals surface area contributed by atoms with Crippen LogP contribution in [0.1, 0.15) is 24.3 Å². The van der Waals surface area contributed by atoms with Gasteiger partial charge in [0.25, 0.3) is 0 Å². The highest BCUT2D eigenvalue weighted by molar-refractivity contribution is 14.0. The highest BCUT2D eigenvalue weighted by Gasteiger charge is 2.25. The average Bonchev–Trinajstić information content (AvgIpc) is 3.02.